The van der Waals surface area contributed by atoms with Crippen LogP contribution >= 0.6 is 0 Å². The van der Waals surface area contributed by atoms with Gasteiger partial charge in [-0.1, -0.05) is 24.5 Å². The predicted octanol–water partition coefficient (Wildman–Crippen LogP) is 1.99. The molecule has 3 fully saturated rings. The van der Waals surface area contributed by atoms with Crippen LogP contribution in [0.2, 0.25) is 0 Å². The van der Waals surface area contributed by atoms with Crippen LogP contribution in [0.3, 0.4) is 0 Å². The Morgan fingerprint density at radius 3 is 2.67 bits per heavy atom. The fourth-order valence-corrected chi connectivity index (χ4v) is 5.60. The summed E-state index contributed by atoms with van der Waals surface area (Å²) in [5.74, 6) is 0.546. The molecule has 7 heteroatoms. The molecule has 4 aliphatic rings. The van der Waals surface area contributed by atoms with Gasteiger partial charge in [-0.05, 0) is 45.2 Å². The molecule has 7 nitrogen and oxygen atoms in total. The Bertz CT molecular complexity index is 663. The summed E-state index contributed by atoms with van der Waals surface area (Å²) in [4.78, 5) is 17.9. The SMILES string of the molecule is O=C(C1CCN(C2CCCCC2)CC1)N1CC[C@H]2OCc3cnnn3[C@H]2C1. The first-order valence-corrected chi connectivity index (χ1v) is 10.8. The number of likely N-dealkylation sites (tertiary alicyclic amines) is 2. The largest absolute Gasteiger partial charge is 0.370 e. The van der Waals surface area contributed by atoms with Gasteiger partial charge in [0.2, 0.25) is 5.91 Å². The van der Waals surface area contributed by atoms with Gasteiger partial charge in [-0.25, -0.2) is 4.68 Å². The molecule has 0 bridgehead atoms. The second-order valence-corrected chi connectivity index (χ2v) is 8.76. The minimum Gasteiger partial charge on any atom is -0.370 e. The quantitative estimate of drug-likeness (QED) is 0.793. The Balaban J connectivity index is 1.19. The topological polar surface area (TPSA) is 63.5 Å². The third-order valence-electron chi connectivity index (χ3n) is 7.21. The molecule has 1 amide bonds. The minimum absolute atomic E-state index is 0.122. The van der Waals surface area contributed by atoms with Crippen molar-refractivity contribution in [3.05, 3.63) is 11.9 Å². The molecule has 1 saturated carbocycles. The van der Waals surface area contributed by atoms with Gasteiger partial charge in [0.05, 0.1) is 30.6 Å². The van der Waals surface area contributed by atoms with E-state index in [1.807, 2.05) is 4.68 Å². The van der Waals surface area contributed by atoms with E-state index in [1.165, 1.54) is 32.1 Å². The number of piperidine rings is 2. The summed E-state index contributed by atoms with van der Waals surface area (Å²) >= 11 is 0. The second-order valence-electron chi connectivity index (χ2n) is 8.76. The van der Waals surface area contributed by atoms with Gasteiger partial charge in [-0.2, -0.15) is 0 Å². The monoisotopic (exact) mass is 373 g/mol. The Labute approximate surface area is 161 Å². The molecule has 3 aliphatic heterocycles. The van der Waals surface area contributed by atoms with E-state index in [4.69, 9.17) is 4.74 Å². The summed E-state index contributed by atoms with van der Waals surface area (Å²) in [5, 5.41) is 8.28. The standard InChI is InChI=1S/C20H31N5O2/c26-20(15-6-9-23(10-7-15)16-4-2-1-3-5-16)24-11-8-19-18(13-24)25-17(14-27-19)12-21-22-25/h12,15-16,18-19H,1-11,13-14H2/t18-,19+/m0/s1. The van der Waals surface area contributed by atoms with Gasteiger partial charge in [0.1, 0.15) is 0 Å². The summed E-state index contributed by atoms with van der Waals surface area (Å²) in [6.07, 6.45) is 11.8. The molecule has 0 radical (unpaired) electrons. The first kappa shape index (κ1) is 17.6. The van der Waals surface area contributed by atoms with Crippen molar-refractivity contribution in [1.82, 2.24) is 24.8 Å². The molecule has 1 aromatic rings. The van der Waals surface area contributed by atoms with Crippen molar-refractivity contribution in [3.8, 4) is 0 Å². The van der Waals surface area contributed by atoms with Crippen molar-refractivity contribution in [1.29, 1.82) is 0 Å². The Morgan fingerprint density at radius 2 is 1.85 bits per heavy atom. The number of nitrogens with zero attached hydrogens (tertiary/aromatic N) is 5. The van der Waals surface area contributed by atoms with Gasteiger partial charge < -0.3 is 14.5 Å². The van der Waals surface area contributed by atoms with Crippen LogP contribution in [0.5, 0.6) is 0 Å². The number of hydrogen-bond donors (Lipinski definition) is 0. The van der Waals surface area contributed by atoms with E-state index in [2.05, 4.69) is 20.1 Å². The van der Waals surface area contributed by atoms with E-state index in [1.54, 1.807) is 6.20 Å². The number of rotatable bonds is 2. The third-order valence-corrected chi connectivity index (χ3v) is 7.21. The maximum absolute atomic E-state index is 13.2. The molecule has 148 valence electrons. The highest BCUT2D eigenvalue weighted by Gasteiger charge is 2.40. The molecular weight excluding hydrogens is 342 g/mol. The normalized spacial score (nSPS) is 30.7. The summed E-state index contributed by atoms with van der Waals surface area (Å²) in [6.45, 7) is 4.30. The Hall–Kier alpha value is -1.47. The molecule has 1 aliphatic carbocycles. The maximum atomic E-state index is 13.2. The van der Waals surface area contributed by atoms with E-state index >= 15 is 0 Å². The molecule has 4 heterocycles. The average Bonchev–Trinajstić information content (AvgIpc) is 3.23. The fraction of sp³-hybridized carbons (Fsp3) is 0.850. The lowest BCUT2D eigenvalue weighted by atomic mass is 9.89. The van der Waals surface area contributed by atoms with Crippen LogP contribution < -0.4 is 0 Å². The van der Waals surface area contributed by atoms with Crippen molar-refractivity contribution >= 4 is 5.91 Å². The first-order valence-electron chi connectivity index (χ1n) is 10.8. The minimum atomic E-state index is 0.122. The van der Waals surface area contributed by atoms with Crippen LogP contribution in [0.25, 0.3) is 0 Å². The Morgan fingerprint density at radius 1 is 1.04 bits per heavy atom. The fourth-order valence-electron chi connectivity index (χ4n) is 5.60. The van der Waals surface area contributed by atoms with Crippen LogP contribution in [0.15, 0.2) is 6.20 Å². The predicted molar refractivity (Wildman–Crippen MR) is 100 cm³/mol. The summed E-state index contributed by atoms with van der Waals surface area (Å²) in [7, 11) is 0. The molecule has 2 saturated heterocycles. The van der Waals surface area contributed by atoms with E-state index in [9.17, 15) is 4.79 Å². The highest BCUT2D eigenvalue weighted by molar-refractivity contribution is 5.79. The van der Waals surface area contributed by atoms with Crippen LogP contribution in [0.1, 0.15) is 63.1 Å². The summed E-state index contributed by atoms with van der Waals surface area (Å²) in [6, 6.07) is 0.895. The number of aromatic nitrogens is 3. The molecule has 1 aromatic heterocycles. The van der Waals surface area contributed by atoms with Crippen LogP contribution in [0, 0.1) is 5.92 Å². The number of carbonyl (C=O) groups excluding carboxylic acids is 1. The third kappa shape index (κ3) is 3.40. The zero-order valence-corrected chi connectivity index (χ0v) is 16.1. The lowest BCUT2D eigenvalue weighted by molar-refractivity contribution is -0.144. The number of amides is 1. The lowest BCUT2D eigenvalue weighted by Crippen LogP contribution is -2.52. The molecular formula is C20H31N5O2. The van der Waals surface area contributed by atoms with E-state index in [0.717, 1.165) is 50.6 Å². The summed E-state index contributed by atoms with van der Waals surface area (Å²) < 4.78 is 7.96. The molecule has 0 unspecified atom stereocenters. The van der Waals surface area contributed by atoms with E-state index in [-0.39, 0.29) is 18.1 Å². The molecule has 27 heavy (non-hydrogen) atoms. The van der Waals surface area contributed by atoms with Crippen LogP contribution in [-0.4, -0.2) is 69.0 Å². The van der Waals surface area contributed by atoms with E-state index in [0.29, 0.717) is 19.1 Å². The van der Waals surface area contributed by atoms with Crippen molar-refractivity contribution in [2.24, 2.45) is 5.92 Å². The zero-order valence-electron chi connectivity index (χ0n) is 16.1. The molecule has 2 atom stereocenters. The van der Waals surface area contributed by atoms with Crippen molar-refractivity contribution in [3.63, 3.8) is 0 Å². The van der Waals surface area contributed by atoms with Gasteiger partial charge in [0.15, 0.2) is 0 Å². The van der Waals surface area contributed by atoms with Gasteiger partial charge in [-0.3, -0.25) is 4.79 Å². The van der Waals surface area contributed by atoms with Crippen LogP contribution in [-0.2, 0) is 16.1 Å². The lowest BCUT2D eigenvalue weighted by Gasteiger charge is -2.43. The van der Waals surface area contributed by atoms with Crippen LogP contribution in [0.4, 0.5) is 0 Å². The number of fused-ring (bicyclic) bond motifs is 3. The van der Waals surface area contributed by atoms with Crippen molar-refractivity contribution < 1.29 is 9.53 Å². The van der Waals surface area contributed by atoms with Gasteiger partial charge in [-0.15, -0.1) is 5.10 Å². The van der Waals surface area contributed by atoms with Gasteiger partial charge in [0.25, 0.3) is 0 Å². The number of carbonyl (C=O) groups is 1. The van der Waals surface area contributed by atoms with Gasteiger partial charge >= 0.3 is 0 Å². The highest BCUT2D eigenvalue weighted by atomic mass is 16.5. The number of hydrogen-bond acceptors (Lipinski definition) is 5. The molecule has 0 spiro atoms. The zero-order chi connectivity index (χ0) is 18.2. The smallest absolute Gasteiger partial charge is 0.225 e. The second kappa shape index (κ2) is 7.51. The maximum Gasteiger partial charge on any atom is 0.225 e. The van der Waals surface area contributed by atoms with E-state index < -0.39 is 0 Å². The summed E-state index contributed by atoms with van der Waals surface area (Å²) in [5.41, 5.74) is 1.02. The molecule has 0 N–H and O–H groups in total. The highest BCUT2D eigenvalue weighted by Crippen LogP contribution is 2.32. The average molecular weight is 374 g/mol. The first-order chi connectivity index (χ1) is 13.3. The Kier molecular flexibility index (Phi) is 4.90. The van der Waals surface area contributed by atoms with Crippen molar-refractivity contribution in [2.45, 2.75) is 76.2 Å². The molecule has 5 rings (SSSR count). The van der Waals surface area contributed by atoms with Gasteiger partial charge in [0, 0.05) is 25.0 Å². The molecule has 0 aromatic carbocycles. The number of ether oxygens (including phenoxy) is 1. The van der Waals surface area contributed by atoms with Crippen molar-refractivity contribution in [2.75, 3.05) is 26.2 Å².